The van der Waals surface area contributed by atoms with Crippen molar-refractivity contribution in [3.8, 4) is 11.5 Å². The van der Waals surface area contributed by atoms with Crippen LogP contribution in [0, 0.1) is 0 Å². The maximum atomic E-state index is 11.7. The summed E-state index contributed by atoms with van der Waals surface area (Å²) in [6.07, 6.45) is 2.61. The number of benzene rings is 1. The van der Waals surface area contributed by atoms with E-state index in [1.807, 2.05) is 0 Å². The first-order valence-electron chi connectivity index (χ1n) is 6.97. The fourth-order valence-corrected chi connectivity index (χ4v) is 2.59. The van der Waals surface area contributed by atoms with Gasteiger partial charge in [-0.15, -0.1) is 6.58 Å². The van der Waals surface area contributed by atoms with Crippen LogP contribution in [0.5, 0.6) is 11.5 Å². The number of nitrogens with one attached hydrogen (secondary N) is 1. The zero-order valence-corrected chi connectivity index (χ0v) is 14.1. The lowest BCUT2D eigenvalue weighted by Crippen LogP contribution is -2.39. The van der Waals surface area contributed by atoms with E-state index in [9.17, 15) is 13.2 Å². The standard InChI is InChI=1S/C15H22N2O5S/c1-4-10-17(23(3,19)20)11-9-16-15(18)12-22-14-8-6-5-7-13(14)21-2/h4-8H,1,9-12H2,2-3H3,(H,16,18). The van der Waals surface area contributed by atoms with Crippen LogP contribution in [0.2, 0.25) is 0 Å². The summed E-state index contributed by atoms with van der Waals surface area (Å²) < 4.78 is 34.7. The minimum absolute atomic E-state index is 0.172. The van der Waals surface area contributed by atoms with Gasteiger partial charge in [-0.1, -0.05) is 18.2 Å². The van der Waals surface area contributed by atoms with Crippen LogP contribution in [-0.2, 0) is 14.8 Å². The highest BCUT2D eigenvalue weighted by atomic mass is 32.2. The Morgan fingerprint density at radius 1 is 1.35 bits per heavy atom. The molecule has 0 fully saturated rings. The molecule has 0 atom stereocenters. The van der Waals surface area contributed by atoms with E-state index in [0.29, 0.717) is 11.5 Å². The van der Waals surface area contributed by atoms with Gasteiger partial charge < -0.3 is 14.8 Å². The first-order valence-corrected chi connectivity index (χ1v) is 8.82. The van der Waals surface area contributed by atoms with E-state index in [1.54, 1.807) is 24.3 Å². The van der Waals surface area contributed by atoms with E-state index < -0.39 is 10.0 Å². The van der Waals surface area contributed by atoms with Gasteiger partial charge in [0.1, 0.15) is 0 Å². The molecule has 128 valence electrons. The number of ether oxygens (including phenoxy) is 2. The molecule has 0 aliphatic heterocycles. The molecule has 0 radical (unpaired) electrons. The summed E-state index contributed by atoms with van der Waals surface area (Å²) >= 11 is 0. The molecule has 1 rings (SSSR count). The van der Waals surface area contributed by atoms with Gasteiger partial charge in [0.05, 0.1) is 13.4 Å². The van der Waals surface area contributed by atoms with Gasteiger partial charge in [-0.05, 0) is 12.1 Å². The molecule has 0 heterocycles. The van der Waals surface area contributed by atoms with Crippen molar-refractivity contribution in [3.63, 3.8) is 0 Å². The number of rotatable bonds is 10. The number of amides is 1. The fraction of sp³-hybridized carbons (Fsp3) is 0.400. The normalized spacial score (nSPS) is 11.1. The van der Waals surface area contributed by atoms with Crippen LogP contribution in [-0.4, -0.2) is 58.2 Å². The van der Waals surface area contributed by atoms with Crippen LogP contribution in [0.1, 0.15) is 0 Å². The van der Waals surface area contributed by atoms with Crippen molar-refractivity contribution in [2.75, 3.05) is 39.6 Å². The first-order chi connectivity index (χ1) is 10.9. The third-order valence-corrected chi connectivity index (χ3v) is 4.18. The molecule has 0 aliphatic rings. The molecule has 23 heavy (non-hydrogen) atoms. The molecule has 0 spiro atoms. The number of para-hydroxylation sites is 2. The molecule has 0 bridgehead atoms. The first kappa shape index (κ1) is 19.0. The molecule has 0 aliphatic carbocycles. The van der Waals surface area contributed by atoms with Crippen molar-refractivity contribution in [3.05, 3.63) is 36.9 Å². The molecule has 0 saturated carbocycles. The van der Waals surface area contributed by atoms with Crippen LogP contribution in [0.25, 0.3) is 0 Å². The Balaban J connectivity index is 2.41. The molecule has 0 saturated heterocycles. The molecule has 7 nitrogen and oxygen atoms in total. The summed E-state index contributed by atoms with van der Waals surface area (Å²) in [7, 11) is -1.81. The highest BCUT2D eigenvalue weighted by Crippen LogP contribution is 2.25. The van der Waals surface area contributed by atoms with Crippen LogP contribution in [0.4, 0.5) is 0 Å². The number of hydrogen-bond acceptors (Lipinski definition) is 5. The molecule has 1 amide bonds. The van der Waals surface area contributed by atoms with E-state index in [2.05, 4.69) is 11.9 Å². The van der Waals surface area contributed by atoms with Crippen LogP contribution in [0.3, 0.4) is 0 Å². The number of nitrogens with zero attached hydrogens (tertiary/aromatic N) is 1. The SMILES string of the molecule is C=CCN(CCNC(=O)COc1ccccc1OC)S(C)(=O)=O. The average Bonchev–Trinajstić information content (AvgIpc) is 2.51. The maximum Gasteiger partial charge on any atom is 0.257 e. The van der Waals surface area contributed by atoms with Crippen molar-refractivity contribution in [2.45, 2.75) is 0 Å². The summed E-state index contributed by atoms with van der Waals surface area (Å²) in [5, 5.41) is 2.61. The number of carbonyl (C=O) groups excluding carboxylic acids is 1. The molecule has 0 unspecified atom stereocenters. The molecule has 8 heteroatoms. The monoisotopic (exact) mass is 342 g/mol. The predicted molar refractivity (Wildman–Crippen MR) is 88.1 cm³/mol. The highest BCUT2D eigenvalue weighted by Gasteiger charge is 2.15. The van der Waals surface area contributed by atoms with E-state index in [1.165, 1.54) is 17.5 Å². The Hall–Kier alpha value is -2.06. The zero-order valence-electron chi connectivity index (χ0n) is 13.3. The topological polar surface area (TPSA) is 84.9 Å². The van der Waals surface area contributed by atoms with Crippen molar-refractivity contribution < 1.29 is 22.7 Å². The second-order valence-corrected chi connectivity index (χ2v) is 6.68. The average molecular weight is 342 g/mol. The van der Waals surface area contributed by atoms with Crippen LogP contribution in [0.15, 0.2) is 36.9 Å². The quantitative estimate of drug-likeness (QED) is 0.631. The lowest BCUT2D eigenvalue weighted by molar-refractivity contribution is -0.123. The van der Waals surface area contributed by atoms with Crippen molar-refractivity contribution >= 4 is 15.9 Å². The third-order valence-electron chi connectivity index (χ3n) is 2.91. The van der Waals surface area contributed by atoms with Crippen molar-refractivity contribution in [1.29, 1.82) is 0 Å². The second kappa shape index (κ2) is 9.16. The summed E-state index contributed by atoms with van der Waals surface area (Å²) in [5.74, 6) is 0.659. The van der Waals surface area contributed by atoms with Crippen LogP contribution >= 0.6 is 0 Å². The lowest BCUT2D eigenvalue weighted by atomic mass is 10.3. The van der Waals surface area contributed by atoms with Gasteiger partial charge in [-0.25, -0.2) is 8.42 Å². The summed E-state index contributed by atoms with van der Waals surface area (Å²) in [6.45, 7) is 3.89. The fourth-order valence-electron chi connectivity index (χ4n) is 1.79. The highest BCUT2D eigenvalue weighted by molar-refractivity contribution is 7.88. The largest absolute Gasteiger partial charge is 0.493 e. The summed E-state index contributed by atoms with van der Waals surface area (Å²) in [5.41, 5.74) is 0. The van der Waals surface area contributed by atoms with Gasteiger partial charge >= 0.3 is 0 Å². The Morgan fingerprint density at radius 3 is 2.57 bits per heavy atom. The Bertz CT molecular complexity index is 631. The second-order valence-electron chi connectivity index (χ2n) is 4.70. The number of sulfonamides is 1. The van der Waals surface area contributed by atoms with Gasteiger partial charge in [0.15, 0.2) is 18.1 Å². The van der Waals surface area contributed by atoms with E-state index in [-0.39, 0.29) is 32.1 Å². The van der Waals surface area contributed by atoms with Crippen LogP contribution < -0.4 is 14.8 Å². The van der Waals surface area contributed by atoms with Crippen molar-refractivity contribution in [2.24, 2.45) is 0 Å². The van der Waals surface area contributed by atoms with Crippen molar-refractivity contribution in [1.82, 2.24) is 9.62 Å². The predicted octanol–water partition coefficient (Wildman–Crippen LogP) is 0.638. The van der Waals surface area contributed by atoms with E-state index in [0.717, 1.165) is 6.26 Å². The molecule has 1 aromatic carbocycles. The molecule has 1 N–H and O–H groups in total. The summed E-state index contributed by atoms with van der Waals surface area (Å²) in [6, 6.07) is 6.99. The Morgan fingerprint density at radius 2 is 2.00 bits per heavy atom. The minimum atomic E-state index is -3.33. The van der Waals surface area contributed by atoms with Gasteiger partial charge in [0.2, 0.25) is 10.0 Å². The number of carbonyl (C=O) groups is 1. The third kappa shape index (κ3) is 6.70. The molecular weight excluding hydrogens is 320 g/mol. The lowest BCUT2D eigenvalue weighted by Gasteiger charge is -2.18. The van der Waals surface area contributed by atoms with E-state index in [4.69, 9.17) is 9.47 Å². The van der Waals surface area contributed by atoms with Gasteiger partial charge in [0, 0.05) is 19.6 Å². The smallest absolute Gasteiger partial charge is 0.257 e. The van der Waals surface area contributed by atoms with Gasteiger partial charge in [-0.2, -0.15) is 4.31 Å². The zero-order chi connectivity index (χ0) is 17.3. The Kier molecular flexibility index (Phi) is 7.56. The van der Waals surface area contributed by atoms with Gasteiger partial charge in [0.25, 0.3) is 5.91 Å². The minimum Gasteiger partial charge on any atom is -0.493 e. The Labute approximate surface area is 136 Å². The maximum absolute atomic E-state index is 11.7. The molecule has 0 aromatic heterocycles. The molecule has 1 aromatic rings. The molecular formula is C15H22N2O5S. The number of methoxy groups -OCH3 is 1. The van der Waals surface area contributed by atoms with E-state index >= 15 is 0 Å². The van der Waals surface area contributed by atoms with Gasteiger partial charge in [-0.3, -0.25) is 4.79 Å². The number of hydrogen-bond donors (Lipinski definition) is 1. The summed E-state index contributed by atoms with van der Waals surface area (Å²) in [4.78, 5) is 11.7.